The molecular weight excluding hydrogens is 1140 g/mol. The van der Waals surface area contributed by atoms with Crippen molar-refractivity contribution >= 4 is 5.97 Å². The molecule has 3 nitrogen and oxygen atoms in total. The molecule has 3 heteroatoms. The second-order valence-corrected chi connectivity index (χ2v) is 31.3. The zero-order valence-electron chi connectivity index (χ0n) is 65.8. The van der Waals surface area contributed by atoms with Crippen LogP contribution < -0.4 is 0 Å². The van der Waals surface area contributed by atoms with Crippen LogP contribution in [0.5, 0.6) is 0 Å². The molecule has 1 N–H and O–H groups in total. The Morgan fingerprint density at radius 2 is 0.426 bits per heavy atom. The summed E-state index contributed by atoms with van der Waals surface area (Å²) in [6.45, 7) is 11.8. The van der Waals surface area contributed by atoms with E-state index in [1.54, 1.807) is 0 Å². The van der Waals surface area contributed by atoms with Crippen molar-refractivity contribution in [2.45, 2.75) is 509 Å². The van der Waals surface area contributed by atoms with E-state index in [4.69, 9.17) is 0 Å². The maximum absolute atomic E-state index is 14.1. The van der Waals surface area contributed by atoms with Crippen molar-refractivity contribution in [3.05, 3.63) is 36.5 Å². The number of carbonyl (C=O) groups is 1. The second kappa shape index (κ2) is 80.6. The van der Waals surface area contributed by atoms with E-state index in [2.05, 4.69) is 76.1 Å². The molecule has 0 aliphatic heterocycles. The van der Waals surface area contributed by atoms with Crippen molar-refractivity contribution in [2.75, 3.05) is 20.1 Å². The molecule has 0 spiro atoms. The van der Waals surface area contributed by atoms with Crippen molar-refractivity contribution in [3.63, 3.8) is 0 Å². The SMILES string of the molecule is CCCCCCCC/C=C\CCCCCCCCC(CCCCC/C=C\CCCCCCCCN(C)CCCCCCCCCCCCCCCCCC)C(CCCCCCCC/C=C\CCCCCCCC)(CCCCCCCCCCCCCCCCCC)C(=O)O. The summed E-state index contributed by atoms with van der Waals surface area (Å²) in [5.41, 5.74) is -0.556. The Bertz CT molecular complexity index is 1500. The third kappa shape index (κ3) is 69.1. The highest BCUT2D eigenvalue weighted by Crippen LogP contribution is 2.45. The smallest absolute Gasteiger partial charge is 0.309 e. The molecule has 0 aromatic rings. The molecule has 0 aromatic heterocycles. The summed E-state index contributed by atoms with van der Waals surface area (Å²) in [7, 11) is 2.35. The first kappa shape index (κ1) is 92.7. The zero-order valence-corrected chi connectivity index (χ0v) is 65.8. The lowest BCUT2D eigenvalue weighted by atomic mass is 9.65. The van der Waals surface area contributed by atoms with Gasteiger partial charge in [0.15, 0.2) is 0 Å². The summed E-state index contributed by atoms with van der Waals surface area (Å²) in [6, 6.07) is 0. The molecule has 0 bridgehead atoms. The van der Waals surface area contributed by atoms with Crippen molar-refractivity contribution in [1.82, 2.24) is 4.90 Å². The molecule has 0 saturated heterocycles. The van der Waals surface area contributed by atoms with E-state index in [9.17, 15) is 9.90 Å². The number of hydrogen-bond donors (Lipinski definition) is 1. The molecule has 2 unspecified atom stereocenters. The van der Waals surface area contributed by atoms with Gasteiger partial charge in [0.25, 0.3) is 0 Å². The van der Waals surface area contributed by atoms with Gasteiger partial charge < -0.3 is 10.0 Å². The van der Waals surface area contributed by atoms with Gasteiger partial charge in [0, 0.05) is 0 Å². The molecule has 558 valence electrons. The summed E-state index contributed by atoms with van der Waals surface area (Å²) >= 11 is 0. The predicted molar refractivity (Wildman–Crippen MR) is 427 cm³/mol. The van der Waals surface area contributed by atoms with Gasteiger partial charge in [0.2, 0.25) is 0 Å². The largest absolute Gasteiger partial charge is 0.481 e. The molecule has 0 rings (SSSR count). The second-order valence-electron chi connectivity index (χ2n) is 31.3. The molecule has 94 heavy (non-hydrogen) atoms. The average Bonchev–Trinajstić information content (AvgIpc) is 0.895. The van der Waals surface area contributed by atoms with Crippen molar-refractivity contribution in [2.24, 2.45) is 11.3 Å². The topological polar surface area (TPSA) is 40.5 Å². The normalized spacial score (nSPS) is 13.1. The van der Waals surface area contributed by atoms with Crippen LogP contribution in [0.1, 0.15) is 509 Å². The Morgan fingerprint density at radius 3 is 0.638 bits per heavy atom. The summed E-state index contributed by atoms with van der Waals surface area (Å²) in [5.74, 6) is -0.131. The van der Waals surface area contributed by atoms with Crippen molar-refractivity contribution < 1.29 is 9.90 Å². The molecule has 0 aliphatic carbocycles. The highest BCUT2D eigenvalue weighted by atomic mass is 16.4. The number of rotatable bonds is 83. The third-order valence-electron chi connectivity index (χ3n) is 22.0. The Kier molecular flexibility index (Phi) is 79.5. The number of carboxylic acids is 1. The number of carboxylic acid groups (broad SMARTS) is 1. The van der Waals surface area contributed by atoms with Gasteiger partial charge in [0.05, 0.1) is 5.41 Å². The molecule has 0 aliphatic rings. The Labute approximate surface area is 594 Å². The van der Waals surface area contributed by atoms with E-state index < -0.39 is 11.4 Å². The summed E-state index contributed by atoms with van der Waals surface area (Å²) in [6.07, 6.45) is 115. The van der Waals surface area contributed by atoms with Crippen LogP contribution in [0.3, 0.4) is 0 Å². The van der Waals surface area contributed by atoms with E-state index in [-0.39, 0.29) is 0 Å². The average molecular weight is 1320 g/mol. The van der Waals surface area contributed by atoms with E-state index in [0.717, 1.165) is 38.5 Å². The summed E-state index contributed by atoms with van der Waals surface area (Å²) < 4.78 is 0. The van der Waals surface area contributed by atoms with Crippen LogP contribution in [0.4, 0.5) is 0 Å². The van der Waals surface area contributed by atoms with Gasteiger partial charge in [-0.3, -0.25) is 4.79 Å². The highest BCUT2D eigenvalue weighted by molar-refractivity contribution is 5.75. The van der Waals surface area contributed by atoms with E-state index in [1.807, 2.05) is 0 Å². The molecular formula is C91H177NO2. The fraction of sp³-hybridized carbons (Fsp3) is 0.923. The number of unbranched alkanes of at least 4 members (excludes halogenated alkanes) is 63. The van der Waals surface area contributed by atoms with Crippen molar-refractivity contribution in [1.29, 1.82) is 0 Å². The number of hydrogen-bond acceptors (Lipinski definition) is 2. The van der Waals surface area contributed by atoms with Gasteiger partial charge in [-0.2, -0.15) is 0 Å². The van der Waals surface area contributed by atoms with Crippen LogP contribution >= 0.6 is 0 Å². The molecule has 0 heterocycles. The van der Waals surface area contributed by atoms with Gasteiger partial charge >= 0.3 is 5.97 Å². The van der Waals surface area contributed by atoms with Crippen LogP contribution in [-0.2, 0) is 4.79 Å². The number of aliphatic carboxylic acids is 1. The van der Waals surface area contributed by atoms with E-state index in [0.29, 0.717) is 5.92 Å². The maximum Gasteiger partial charge on any atom is 0.309 e. The number of allylic oxidation sites excluding steroid dienone is 6. The summed E-state index contributed by atoms with van der Waals surface area (Å²) in [4.78, 5) is 16.7. The quantitative estimate of drug-likeness (QED) is 0.0487. The Hall–Kier alpha value is -1.35. The minimum atomic E-state index is -0.556. The monoisotopic (exact) mass is 1320 g/mol. The molecule has 0 saturated carbocycles. The van der Waals surface area contributed by atoms with Gasteiger partial charge in [-0.15, -0.1) is 0 Å². The minimum Gasteiger partial charge on any atom is -0.481 e. The Balaban J connectivity index is 5.14. The fourth-order valence-corrected chi connectivity index (χ4v) is 15.4. The van der Waals surface area contributed by atoms with Crippen LogP contribution in [0.25, 0.3) is 0 Å². The van der Waals surface area contributed by atoms with Gasteiger partial charge in [-0.1, -0.05) is 430 Å². The van der Waals surface area contributed by atoms with E-state index >= 15 is 0 Å². The van der Waals surface area contributed by atoms with Gasteiger partial charge in [0.1, 0.15) is 0 Å². The molecule has 0 radical (unpaired) electrons. The lowest BCUT2D eigenvalue weighted by molar-refractivity contribution is -0.155. The third-order valence-corrected chi connectivity index (χ3v) is 22.0. The van der Waals surface area contributed by atoms with Crippen LogP contribution in [0.2, 0.25) is 0 Å². The first-order chi connectivity index (χ1) is 46.5. The fourth-order valence-electron chi connectivity index (χ4n) is 15.4. The highest BCUT2D eigenvalue weighted by Gasteiger charge is 2.44. The predicted octanol–water partition coefficient (Wildman–Crippen LogP) is 32.6. The van der Waals surface area contributed by atoms with Crippen LogP contribution in [0.15, 0.2) is 36.5 Å². The number of nitrogens with zero attached hydrogens (tertiary/aromatic N) is 1. The first-order valence-electron chi connectivity index (χ1n) is 44.3. The van der Waals surface area contributed by atoms with Crippen LogP contribution in [-0.4, -0.2) is 36.1 Å². The van der Waals surface area contributed by atoms with Gasteiger partial charge in [-0.05, 0) is 142 Å². The van der Waals surface area contributed by atoms with Crippen LogP contribution in [0, 0.1) is 11.3 Å². The molecule has 0 fully saturated rings. The molecule has 0 amide bonds. The minimum absolute atomic E-state index is 0.311. The standard InChI is InChI=1S/C91H177NO2/c1-6-10-14-18-22-26-30-34-38-42-47-53-59-65-71-77-83-89(84-78-72-66-60-54-48-46-52-58-64-70-76-82-88-92(5)87-81-75-69-63-57-51-45-41-37-33-29-25-21-17-13-9-4)91(90(93)94,85-79-73-67-61-55-49-43-39-35-31-27-23-19-15-11-7-2)86-80-74-68-62-56-50-44-40-36-32-28-24-20-16-12-8-3/h34-35,38-39,48,54,89H,6-33,36-37,40-47,49-53,55-88H2,1-5H3,(H,93,94)/b38-34-,39-35-,54-48-. The Morgan fingerprint density at radius 1 is 0.255 bits per heavy atom. The lowest BCUT2D eigenvalue weighted by Gasteiger charge is -2.38. The zero-order chi connectivity index (χ0) is 67.9. The maximum atomic E-state index is 14.1. The summed E-state index contributed by atoms with van der Waals surface area (Å²) in [5, 5.41) is 11.6. The molecule has 0 aromatic carbocycles. The van der Waals surface area contributed by atoms with Gasteiger partial charge in [-0.25, -0.2) is 0 Å². The van der Waals surface area contributed by atoms with Crippen molar-refractivity contribution in [3.8, 4) is 0 Å². The lowest BCUT2D eigenvalue weighted by Crippen LogP contribution is -2.39. The first-order valence-corrected chi connectivity index (χ1v) is 44.3. The van der Waals surface area contributed by atoms with E-state index in [1.165, 1.54) is 456 Å². The molecule has 2 atom stereocenters.